The van der Waals surface area contributed by atoms with E-state index in [1.807, 2.05) is 16.3 Å². The molecule has 1 aromatic heterocycles. The predicted molar refractivity (Wildman–Crippen MR) is 115 cm³/mol. The van der Waals surface area contributed by atoms with Gasteiger partial charge in [-0.15, -0.1) is 11.3 Å². The van der Waals surface area contributed by atoms with Crippen LogP contribution < -0.4 is 4.90 Å². The Morgan fingerprint density at radius 3 is 2.57 bits per heavy atom. The molecule has 0 bridgehead atoms. The zero-order valence-corrected chi connectivity index (χ0v) is 18.0. The van der Waals surface area contributed by atoms with Crippen LogP contribution in [-0.2, 0) is 10.0 Å². The van der Waals surface area contributed by atoms with Crippen molar-refractivity contribution in [1.29, 1.82) is 5.26 Å². The van der Waals surface area contributed by atoms with E-state index in [1.54, 1.807) is 18.2 Å². The molecule has 0 atom stereocenters. The van der Waals surface area contributed by atoms with E-state index in [1.165, 1.54) is 39.9 Å². The fourth-order valence-electron chi connectivity index (χ4n) is 3.24. The standard InChI is InChI=1S/C20H16ClFN4O2S2/c21-16-6-5-14(11-17(16)22)18-13-29-20(24-18)25-7-9-26(10-8-25)30(27,28)19-4-2-1-3-15(19)12-23/h1-6,11,13H,7-10H2. The van der Waals surface area contributed by atoms with Crippen LogP contribution in [0.15, 0.2) is 52.7 Å². The molecule has 0 radical (unpaired) electrons. The van der Waals surface area contributed by atoms with E-state index in [-0.39, 0.29) is 28.6 Å². The highest BCUT2D eigenvalue weighted by Crippen LogP contribution is 2.30. The number of rotatable bonds is 4. The number of thiazole rings is 1. The van der Waals surface area contributed by atoms with E-state index >= 15 is 0 Å². The molecule has 10 heteroatoms. The third-order valence-corrected chi connectivity index (χ3v) is 8.01. The van der Waals surface area contributed by atoms with Crippen molar-refractivity contribution in [2.45, 2.75) is 4.90 Å². The smallest absolute Gasteiger partial charge is 0.244 e. The number of piperazine rings is 1. The van der Waals surface area contributed by atoms with Crippen LogP contribution >= 0.6 is 22.9 Å². The molecule has 0 saturated carbocycles. The summed E-state index contributed by atoms with van der Waals surface area (Å²) in [5.41, 5.74) is 1.41. The quantitative estimate of drug-likeness (QED) is 0.586. The average molecular weight is 463 g/mol. The normalized spacial score (nSPS) is 15.2. The Hall–Kier alpha value is -2.51. The second-order valence-electron chi connectivity index (χ2n) is 6.64. The molecule has 1 aliphatic heterocycles. The van der Waals surface area contributed by atoms with Crippen molar-refractivity contribution < 1.29 is 12.8 Å². The second kappa shape index (κ2) is 8.32. The number of sulfonamides is 1. The molecule has 0 aliphatic carbocycles. The number of aromatic nitrogens is 1. The number of hydrogen-bond acceptors (Lipinski definition) is 6. The number of anilines is 1. The molecule has 1 aliphatic rings. The molecule has 4 rings (SSSR count). The number of nitriles is 1. The molecule has 0 amide bonds. The van der Waals surface area contributed by atoms with Gasteiger partial charge in [-0.05, 0) is 24.3 Å². The van der Waals surface area contributed by atoms with Crippen LogP contribution in [0.2, 0.25) is 5.02 Å². The molecular formula is C20H16ClFN4O2S2. The van der Waals surface area contributed by atoms with Gasteiger partial charge in [0.05, 0.1) is 21.2 Å². The second-order valence-corrected chi connectivity index (χ2v) is 9.79. The SMILES string of the molecule is N#Cc1ccccc1S(=O)(=O)N1CCN(c2nc(-c3ccc(Cl)c(F)c3)cs2)CC1. The highest BCUT2D eigenvalue weighted by Gasteiger charge is 2.31. The summed E-state index contributed by atoms with van der Waals surface area (Å²) < 4.78 is 41.0. The van der Waals surface area contributed by atoms with Gasteiger partial charge in [0.1, 0.15) is 11.9 Å². The zero-order chi connectivity index (χ0) is 21.3. The van der Waals surface area contributed by atoms with Gasteiger partial charge in [-0.2, -0.15) is 9.57 Å². The van der Waals surface area contributed by atoms with Crippen molar-refractivity contribution in [1.82, 2.24) is 9.29 Å². The minimum Gasteiger partial charge on any atom is -0.345 e. The van der Waals surface area contributed by atoms with Gasteiger partial charge in [0.2, 0.25) is 10.0 Å². The summed E-state index contributed by atoms with van der Waals surface area (Å²) in [4.78, 5) is 6.60. The van der Waals surface area contributed by atoms with Crippen molar-refractivity contribution in [3.05, 3.63) is 64.2 Å². The fraction of sp³-hybridized carbons (Fsp3) is 0.200. The highest BCUT2D eigenvalue weighted by molar-refractivity contribution is 7.89. The van der Waals surface area contributed by atoms with Gasteiger partial charge >= 0.3 is 0 Å². The van der Waals surface area contributed by atoms with E-state index in [9.17, 15) is 18.1 Å². The highest BCUT2D eigenvalue weighted by atomic mass is 35.5. The predicted octanol–water partition coefficient (Wildman–Crippen LogP) is 3.99. The zero-order valence-electron chi connectivity index (χ0n) is 15.6. The molecule has 3 aromatic rings. The van der Waals surface area contributed by atoms with Gasteiger partial charge < -0.3 is 4.90 Å². The van der Waals surface area contributed by atoms with Gasteiger partial charge in [-0.1, -0.05) is 29.8 Å². The maximum absolute atomic E-state index is 13.7. The summed E-state index contributed by atoms with van der Waals surface area (Å²) in [5.74, 6) is -0.500. The Morgan fingerprint density at radius 2 is 1.87 bits per heavy atom. The van der Waals surface area contributed by atoms with Gasteiger partial charge in [0.25, 0.3) is 0 Å². The minimum absolute atomic E-state index is 0.0299. The van der Waals surface area contributed by atoms with Gasteiger partial charge in [-0.3, -0.25) is 0 Å². The molecule has 0 N–H and O–H groups in total. The van der Waals surface area contributed by atoms with Crippen LogP contribution in [-0.4, -0.2) is 43.9 Å². The van der Waals surface area contributed by atoms with Crippen LogP contribution in [0.4, 0.5) is 9.52 Å². The number of halogens is 2. The van der Waals surface area contributed by atoms with Crippen molar-refractivity contribution in [3.63, 3.8) is 0 Å². The third kappa shape index (κ3) is 3.91. The van der Waals surface area contributed by atoms with E-state index < -0.39 is 15.8 Å². The average Bonchev–Trinajstić information content (AvgIpc) is 3.26. The van der Waals surface area contributed by atoms with Crippen LogP contribution in [0.25, 0.3) is 11.3 Å². The number of hydrogen-bond donors (Lipinski definition) is 0. The number of benzene rings is 2. The van der Waals surface area contributed by atoms with E-state index in [0.29, 0.717) is 24.3 Å². The lowest BCUT2D eigenvalue weighted by atomic mass is 10.2. The molecule has 2 heterocycles. The monoisotopic (exact) mass is 462 g/mol. The Bertz CT molecular complexity index is 1230. The third-order valence-electron chi connectivity index (χ3n) is 4.84. The molecule has 0 spiro atoms. The largest absolute Gasteiger partial charge is 0.345 e. The van der Waals surface area contributed by atoms with Crippen LogP contribution in [0.3, 0.4) is 0 Å². The summed E-state index contributed by atoms with van der Waals surface area (Å²) >= 11 is 7.16. The molecule has 6 nitrogen and oxygen atoms in total. The van der Waals surface area contributed by atoms with Crippen LogP contribution in [0, 0.1) is 17.1 Å². The minimum atomic E-state index is -3.74. The van der Waals surface area contributed by atoms with Gasteiger partial charge in [0, 0.05) is 37.1 Å². The Balaban J connectivity index is 1.48. The molecule has 1 saturated heterocycles. The lowest BCUT2D eigenvalue weighted by Crippen LogP contribution is -2.48. The van der Waals surface area contributed by atoms with Gasteiger partial charge in [-0.25, -0.2) is 17.8 Å². The summed E-state index contributed by atoms with van der Waals surface area (Å²) in [6.45, 7) is 1.50. The van der Waals surface area contributed by atoms with Gasteiger partial charge in [0.15, 0.2) is 5.13 Å². The molecule has 1 fully saturated rings. The Morgan fingerprint density at radius 1 is 1.13 bits per heavy atom. The van der Waals surface area contributed by atoms with E-state index in [2.05, 4.69) is 4.98 Å². The molecule has 2 aromatic carbocycles. The maximum Gasteiger partial charge on any atom is 0.244 e. The van der Waals surface area contributed by atoms with Crippen molar-refractivity contribution in [2.24, 2.45) is 0 Å². The Labute approximate surface area is 182 Å². The van der Waals surface area contributed by atoms with Crippen LogP contribution in [0.5, 0.6) is 0 Å². The summed E-state index contributed by atoms with van der Waals surface area (Å²) in [6, 6.07) is 12.7. The first-order valence-corrected chi connectivity index (χ1v) is 11.7. The molecule has 154 valence electrons. The molecular weight excluding hydrogens is 447 g/mol. The summed E-state index contributed by atoms with van der Waals surface area (Å²) in [6.07, 6.45) is 0. The van der Waals surface area contributed by atoms with Crippen molar-refractivity contribution >= 4 is 38.1 Å². The fourth-order valence-corrected chi connectivity index (χ4v) is 5.81. The Kier molecular flexibility index (Phi) is 5.75. The van der Waals surface area contributed by atoms with Crippen molar-refractivity contribution in [2.75, 3.05) is 31.1 Å². The first-order valence-electron chi connectivity index (χ1n) is 9.05. The van der Waals surface area contributed by atoms with E-state index in [4.69, 9.17) is 11.6 Å². The molecule has 30 heavy (non-hydrogen) atoms. The maximum atomic E-state index is 13.7. The summed E-state index contributed by atoms with van der Waals surface area (Å²) in [7, 11) is -3.74. The lowest BCUT2D eigenvalue weighted by Gasteiger charge is -2.33. The first kappa shape index (κ1) is 20.8. The topological polar surface area (TPSA) is 77.3 Å². The van der Waals surface area contributed by atoms with E-state index in [0.717, 1.165) is 5.13 Å². The van der Waals surface area contributed by atoms with Crippen LogP contribution in [0.1, 0.15) is 5.56 Å². The number of nitrogens with zero attached hydrogens (tertiary/aromatic N) is 4. The molecule has 0 unspecified atom stereocenters. The first-order chi connectivity index (χ1) is 14.4. The summed E-state index contributed by atoms with van der Waals surface area (Å²) in [5, 5.41) is 11.9. The van der Waals surface area contributed by atoms with Crippen molar-refractivity contribution in [3.8, 4) is 17.3 Å². The lowest BCUT2D eigenvalue weighted by molar-refractivity contribution is 0.384.